The van der Waals surface area contributed by atoms with E-state index in [1.165, 1.54) is 0 Å². The number of aromatic nitrogens is 2. The molecule has 1 aromatic carbocycles. The zero-order chi connectivity index (χ0) is 13.2. The molecule has 1 amide bonds. The van der Waals surface area contributed by atoms with Gasteiger partial charge in [-0.25, -0.2) is 0 Å². The Labute approximate surface area is 110 Å². The standard InChI is InChI=1S/C13H15N5O/c14-13(19)12-7-15-5-6-18(12)11-8-16-17-10-4-2-1-3-9(10)11/h1-4,8,12,15H,5-7H2,(H2,14,19). The van der Waals surface area contributed by atoms with Crippen molar-refractivity contribution >= 4 is 22.5 Å². The number of carbonyl (C=O) groups is 1. The van der Waals surface area contributed by atoms with E-state index in [2.05, 4.69) is 15.5 Å². The second kappa shape index (κ2) is 4.81. The normalized spacial score (nSPS) is 19.6. The smallest absolute Gasteiger partial charge is 0.241 e. The molecule has 2 heterocycles. The third kappa shape index (κ3) is 2.10. The van der Waals surface area contributed by atoms with Gasteiger partial charge in [0.2, 0.25) is 5.91 Å². The minimum Gasteiger partial charge on any atom is -0.368 e. The molecule has 0 saturated carbocycles. The minimum absolute atomic E-state index is 0.326. The van der Waals surface area contributed by atoms with Crippen molar-refractivity contribution in [3.8, 4) is 0 Å². The molecule has 1 atom stereocenters. The van der Waals surface area contributed by atoms with Crippen molar-refractivity contribution in [1.29, 1.82) is 0 Å². The first-order valence-corrected chi connectivity index (χ1v) is 6.24. The number of nitrogens with two attached hydrogens (primary N) is 1. The number of piperazine rings is 1. The van der Waals surface area contributed by atoms with Crippen LogP contribution >= 0.6 is 0 Å². The van der Waals surface area contributed by atoms with Gasteiger partial charge >= 0.3 is 0 Å². The van der Waals surface area contributed by atoms with Crippen LogP contribution in [-0.4, -0.2) is 41.8 Å². The van der Waals surface area contributed by atoms with Gasteiger partial charge in [0.1, 0.15) is 6.04 Å². The van der Waals surface area contributed by atoms with Crippen LogP contribution in [-0.2, 0) is 4.79 Å². The maximum atomic E-state index is 11.6. The Hall–Kier alpha value is -2.21. The highest BCUT2D eigenvalue weighted by atomic mass is 16.1. The van der Waals surface area contributed by atoms with Gasteiger partial charge in [0, 0.05) is 25.0 Å². The highest BCUT2D eigenvalue weighted by Crippen LogP contribution is 2.26. The van der Waals surface area contributed by atoms with Crippen LogP contribution in [0.2, 0.25) is 0 Å². The van der Waals surface area contributed by atoms with Crippen LogP contribution in [0.25, 0.3) is 10.9 Å². The third-order valence-electron chi connectivity index (χ3n) is 3.41. The zero-order valence-corrected chi connectivity index (χ0v) is 10.4. The summed E-state index contributed by atoms with van der Waals surface area (Å²) >= 11 is 0. The Morgan fingerprint density at radius 3 is 3.11 bits per heavy atom. The molecule has 1 aromatic heterocycles. The number of carbonyl (C=O) groups excluding carboxylic acids is 1. The molecule has 1 fully saturated rings. The van der Waals surface area contributed by atoms with Crippen molar-refractivity contribution in [2.45, 2.75) is 6.04 Å². The molecule has 0 spiro atoms. The maximum Gasteiger partial charge on any atom is 0.241 e. The van der Waals surface area contributed by atoms with Crippen molar-refractivity contribution < 1.29 is 4.79 Å². The number of nitrogens with one attached hydrogen (secondary N) is 1. The Kier molecular flexibility index (Phi) is 3.00. The fourth-order valence-corrected chi connectivity index (χ4v) is 2.47. The number of rotatable bonds is 2. The van der Waals surface area contributed by atoms with Crippen molar-refractivity contribution in [3.63, 3.8) is 0 Å². The van der Waals surface area contributed by atoms with Gasteiger partial charge < -0.3 is 16.0 Å². The quantitative estimate of drug-likeness (QED) is 0.784. The fraction of sp³-hybridized carbons (Fsp3) is 0.308. The summed E-state index contributed by atoms with van der Waals surface area (Å²) < 4.78 is 0. The van der Waals surface area contributed by atoms with Crippen molar-refractivity contribution in [3.05, 3.63) is 30.5 Å². The molecule has 1 unspecified atom stereocenters. The molecule has 6 nitrogen and oxygen atoms in total. The molecule has 98 valence electrons. The monoisotopic (exact) mass is 257 g/mol. The summed E-state index contributed by atoms with van der Waals surface area (Å²) in [5.41, 5.74) is 7.22. The number of amides is 1. The topological polar surface area (TPSA) is 84.1 Å². The molecule has 19 heavy (non-hydrogen) atoms. The predicted molar refractivity (Wildman–Crippen MR) is 72.7 cm³/mol. The van der Waals surface area contributed by atoms with E-state index >= 15 is 0 Å². The lowest BCUT2D eigenvalue weighted by Crippen LogP contribution is -2.57. The molecular weight excluding hydrogens is 242 g/mol. The average molecular weight is 257 g/mol. The molecule has 0 aliphatic carbocycles. The number of benzene rings is 1. The van der Waals surface area contributed by atoms with Crippen molar-refractivity contribution in [2.75, 3.05) is 24.5 Å². The molecule has 1 aliphatic heterocycles. The first kappa shape index (κ1) is 11.9. The van der Waals surface area contributed by atoms with E-state index in [1.54, 1.807) is 6.20 Å². The largest absolute Gasteiger partial charge is 0.368 e. The average Bonchev–Trinajstić information content (AvgIpc) is 2.46. The van der Waals surface area contributed by atoms with Crippen LogP contribution in [0.1, 0.15) is 0 Å². The number of hydrogen-bond donors (Lipinski definition) is 2. The molecule has 3 rings (SSSR count). The first-order valence-electron chi connectivity index (χ1n) is 6.24. The van der Waals surface area contributed by atoms with Gasteiger partial charge in [-0.15, -0.1) is 0 Å². The lowest BCUT2D eigenvalue weighted by Gasteiger charge is -2.36. The summed E-state index contributed by atoms with van der Waals surface area (Å²) in [7, 11) is 0. The zero-order valence-electron chi connectivity index (χ0n) is 10.4. The van der Waals surface area contributed by atoms with Crippen LogP contribution in [0.4, 0.5) is 5.69 Å². The van der Waals surface area contributed by atoms with Gasteiger partial charge in [-0.2, -0.15) is 10.2 Å². The van der Waals surface area contributed by atoms with Gasteiger partial charge in [-0.3, -0.25) is 4.79 Å². The maximum absolute atomic E-state index is 11.6. The fourth-order valence-electron chi connectivity index (χ4n) is 2.47. The highest BCUT2D eigenvalue weighted by Gasteiger charge is 2.28. The Balaban J connectivity index is 2.09. The molecule has 1 saturated heterocycles. The van der Waals surface area contributed by atoms with Crippen LogP contribution in [0, 0.1) is 0 Å². The Bertz CT molecular complexity index is 610. The molecule has 0 radical (unpaired) electrons. The number of nitrogens with zero attached hydrogens (tertiary/aromatic N) is 3. The van der Waals surface area contributed by atoms with E-state index in [9.17, 15) is 4.79 Å². The SMILES string of the molecule is NC(=O)C1CNCCN1c1cnnc2ccccc12. The minimum atomic E-state index is -0.346. The number of anilines is 1. The van der Waals surface area contributed by atoms with Crippen LogP contribution in [0.3, 0.4) is 0 Å². The molecule has 1 aliphatic rings. The first-order chi connectivity index (χ1) is 9.27. The summed E-state index contributed by atoms with van der Waals surface area (Å²) in [5.74, 6) is -0.326. The molecule has 6 heteroatoms. The summed E-state index contributed by atoms with van der Waals surface area (Å²) in [4.78, 5) is 13.6. The lowest BCUT2D eigenvalue weighted by atomic mass is 10.1. The number of fused-ring (bicyclic) bond motifs is 1. The van der Waals surface area contributed by atoms with Gasteiger partial charge in [0.25, 0.3) is 0 Å². The Morgan fingerprint density at radius 1 is 1.42 bits per heavy atom. The summed E-state index contributed by atoms with van der Waals surface area (Å²) in [6.45, 7) is 2.11. The van der Waals surface area contributed by atoms with Crippen LogP contribution in [0.15, 0.2) is 30.5 Å². The molecule has 0 bridgehead atoms. The number of hydrogen-bond acceptors (Lipinski definition) is 5. The number of primary amides is 1. The van der Waals surface area contributed by atoms with E-state index in [1.807, 2.05) is 29.2 Å². The highest BCUT2D eigenvalue weighted by molar-refractivity contribution is 5.94. The molecular formula is C13H15N5O. The van der Waals surface area contributed by atoms with Gasteiger partial charge in [-0.05, 0) is 6.07 Å². The lowest BCUT2D eigenvalue weighted by molar-refractivity contribution is -0.119. The van der Waals surface area contributed by atoms with Gasteiger partial charge in [0.05, 0.1) is 17.4 Å². The van der Waals surface area contributed by atoms with Gasteiger partial charge in [-0.1, -0.05) is 18.2 Å². The summed E-state index contributed by atoms with van der Waals surface area (Å²) in [5, 5.41) is 12.3. The molecule has 2 aromatic rings. The van der Waals surface area contributed by atoms with E-state index in [0.717, 1.165) is 29.7 Å². The third-order valence-corrected chi connectivity index (χ3v) is 3.41. The predicted octanol–water partition coefficient (Wildman–Crippen LogP) is -0.107. The van der Waals surface area contributed by atoms with E-state index < -0.39 is 0 Å². The van der Waals surface area contributed by atoms with Crippen molar-refractivity contribution in [1.82, 2.24) is 15.5 Å². The summed E-state index contributed by atoms with van der Waals surface area (Å²) in [6, 6.07) is 7.42. The second-order valence-electron chi connectivity index (χ2n) is 4.56. The second-order valence-corrected chi connectivity index (χ2v) is 4.56. The van der Waals surface area contributed by atoms with E-state index in [4.69, 9.17) is 5.73 Å². The molecule has 3 N–H and O–H groups in total. The Morgan fingerprint density at radius 2 is 2.26 bits per heavy atom. The van der Waals surface area contributed by atoms with Gasteiger partial charge in [0.15, 0.2) is 0 Å². The summed E-state index contributed by atoms with van der Waals surface area (Å²) in [6.07, 6.45) is 1.70. The van der Waals surface area contributed by atoms with Crippen LogP contribution in [0.5, 0.6) is 0 Å². The van der Waals surface area contributed by atoms with Crippen molar-refractivity contribution in [2.24, 2.45) is 5.73 Å². The van der Waals surface area contributed by atoms with E-state index in [0.29, 0.717) is 6.54 Å². The van der Waals surface area contributed by atoms with E-state index in [-0.39, 0.29) is 11.9 Å². The van der Waals surface area contributed by atoms with Crippen LogP contribution < -0.4 is 16.0 Å².